The SMILES string of the molecule is CCS(=O)(=O)CCC(=O)c1ccc2c(c1)CNC2. The first-order chi connectivity index (χ1) is 8.52. The third-order valence-corrected chi connectivity index (χ3v) is 4.94. The van der Waals surface area contributed by atoms with Crippen LogP contribution in [0.2, 0.25) is 0 Å². The fourth-order valence-corrected chi connectivity index (χ4v) is 2.79. The number of carbonyl (C=O) groups is 1. The molecule has 1 aliphatic heterocycles. The lowest BCUT2D eigenvalue weighted by atomic mass is 10.0. The molecule has 1 aromatic carbocycles. The van der Waals surface area contributed by atoms with Gasteiger partial charge < -0.3 is 5.32 Å². The molecule has 0 aliphatic carbocycles. The van der Waals surface area contributed by atoms with Gasteiger partial charge in [0.15, 0.2) is 5.78 Å². The first-order valence-corrected chi connectivity index (χ1v) is 7.90. The highest BCUT2D eigenvalue weighted by Gasteiger charge is 2.15. The molecule has 0 aromatic heterocycles. The maximum absolute atomic E-state index is 11.9. The summed E-state index contributed by atoms with van der Waals surface area (Å²) in [5, 5.41) is 3.21. The van der Waals surface area contributed by atoms with Gasteiger partial charge in [-0.3, -0.25) is 4.79 Å². The van der Waals surface area contributed by atoms with E-state index < -0.39 is 9.84 Å². The van der Waals surface area contributed by atoms with Crippen molar-refractivity contribution in [2.75, 3.05) is 11.5 Å². The van der Waals surface area contributed by atoms with E-state index in [1.165, 1.54) is 5.56 Å². The van der Waals surface area contributed by atoms with E-state index in [9.17, 15) is 13.2 Å². The van der Waals surface area contributed by atoms with Crippen molar-refractivity contribution >= 4 is 15.6 Å². The molecule has 0 atom stereocenters. The molecule has 0 amide bonds. The van der Waals surface area contributed by atoms with Crippen LogP contribution in [0.25, 0.3) is 0 Å². The van der Waals surface area contributed by atoms with Crippen molar-refractivity contribution in [2.45, 2.75) is 26.4 Å². The van der Waals surface area contributed by atoms with Crippen LogP contribution >= 0.6 is 0 Å². The molecule has 0 unspecified atom stereocenters. The Kier molecular flexibility index (Phi) is 3.82. The summed E-state index contributed by atoms with van der Waals surface area (Å²) in [7, 11) is -3.07. The Labute approximate surface area is 107 Å². The minimum Gasteiger partial charge on any atom is -0.309 e. The maximum atomic E-state index is 11.9. The highest BCUT2D eigenvalue weighted by Crippen LogP contribution is 2.18. The summed E-state index contributed by atoms with van der Waals surface area (Å²) in [6, 6.07) is 5.60. The average molecular weight is 267 g/mol. The van der Waals surface area contributed by atoms with E-state index in [-0.39, 0.29) is 23.7 Å². The van der Waals surface area contributed by atoms with Gasteiger partial charge in [0.2, 0.25) is 0 Å². The lowest BCUT2D eigenvalue weighted by Gasteiger charge is -2.04. The summed E-state index contributed by atoms with van der Waals surface area (Å²) in [4.78, 5) is 11.9. The summed E-state index contributed by atoms with van der Waals surface area (Å²) >= 11 is 0. The van der Waals surface area contributed by atoms with E-state index in [1.54, 1.807) is 13.0 Å². The third-order valence-electron chi connectivity index (χ3n) is 3.24. The molecule has 5 heteroatoms. The number of hydrogen-bond acceptors (Lipinski definition) is 4. The number of ketones is 1. The monoisotopic (exact) mass is 267 g/mol. The molecular weight excluding hydrogens is 250 g/mol. The molecular formula is C13H17NO3S. The van der Waals surface area contributed by atoms with E-state index in [1.807, 2.05) is 12.1 Å². The fourth-order valence-electron chi connectivity index (χ4n) is 2.01. The van der Waals surface area contributed by atoms with Gasteiger partial charge in [-0.2, -0.15) is 0 Å². The predicted molar refractivity (Wildman–Crippen MR) is 70.3 cm³/mol. The Bertz CT molecular complexity index is 564. The molecule has 0 radical (unpaired) electrons. The zero-order chi connectivity index (χ0) is 13.2. The molecule has 4 nitrogen and oxygen atoms in total. The number of Topliss-reactive ketones (excluding diaryl/α,β-unsaturated/α-hetero) is 1. The van der Waals surface area contributed by atoms with Crippen LogP contribution in [0, 0.1) is 0 Å². The van der Waals surface area contributed by atoms with Crippen molar-refractivity contribution in [1.82, 2.24) is 5.32 Å². The van der Waals surface area contributed by atoms with Crippen molar-refractivity contribution in [2.24, 2.45) is 0 Å². The van der Waals surface area contributed by atoms with Crippen LogP contribution < -0.4 is 5.32 Å². The topological polar surface area (TPSA) is 63.2 Å². The first kappa shape index (κ1) is 13.2. The zero-order valence-corrected chi connectivity index (χ0v) is 11.2. The van der Waals surface area contributed by atoms with Crippen molar-refractivity contribution < 1.29 is 13.2 Å². The molecule has 0 bridgehead atoms. The largest absolute Gasteiger partial charge is 0.309 e. The van der Waals surface area contributed by atoms with Crippen molar-refractivity contribution in [3.05, 3.63) is 34.9 Å². The van der Waals surface area contributed by atoms with E-state index in [4.69, 9.17) is 0 Å². The van der Waals surface area contributed by atoms with Gasteiger partial charge in [0.25, 0.3) is 0 Å². The summed E-state index contributed by atoms with van der Waals surface area (Å²) in [6.07, 6.45) is 0.0718. The predicted octanol–water partition coefficient (Wildman–Crippen LogP) is 1.30. The van der Waals surface area contributed by atoms with Gasteiger partial charge in [-0.25, -0.2) is 8.42 Å². The van der Waals surface area contributed by atoms with E-state index in [0.29, 0.717) is 5.56 Å². The van der Waals surface area contributed by atoms with Crippen molar-refractivity contribution in [1.29, 1.82) is 0 Å². The van der Waals surface area contributed by atoms with E-state index in [0.717, 1.165) is 18.7 Å². The lowest BCUT2D eigenvalue weighted by Crippen LogP contribution is -2.13. The van der Waals surface area contributed by atoms with Crippen LogP contribution in [-0.2, 0) is 22.9 Å². The number of benzene rings is 1. The molecule has 0 saturated heterocycles. The van der Waals surface area contributed by atoms with Crippen molar-refractivity contribution in [3.8, 4) is 0 Å². The molecule has 18 heavy (non-hydrogen) atoms. The standard InChI is InChI=1S/C13H17NO3S/c1-2-18(16,17)6-5-13(15)10-3-4-11-8-14-9-12(11)7-10/h3-4,7,14H,2,5-6,8-9H2,1H3. The molecule has 1 heterocycles. The van der Waals surface area contributed by atoms with Gasteiger partial charge in [0, 0.05) is 30.8 Å². The number of fused-ring (bicyclic) bond motifs is 1. The number of nitrogens with one attached hydrogen (secondary N) is 1. The molecule has 1 aromatic rings. The van der Waals surface area contributed by atoms with Crippen molar-refractivity contribution in [3.63, 3.8) is 0 Å². The molecule has 1 N–H and O–H groups in total. The molecule has 0 saturated carbocycles. The van der Waals surface area contributed by atoms with Gasteiger partial charge >= 0.3 is 0 Å². The van der Waals surface area contributed by atoms with Crippen LogP contribution in [0.3, 0.4) is 0 Å². The Balaban J connectivity index is 2.06. The quantitative estimate of drug-likeness (QED) is 0.817. The lowest BCUT2D eigenvalue weighted by molar-refractivity contribution is 0.0988. The Morgan fingerprint density at radius 2 is 2.00 bits per heavy atom. The Morgan fingerprint density at radius 1 is 1.28 bits per heavy atom. The van der Waals surface area contributed by atoms with Gasteiger partial charge in [-0.1, -0.05) is 19.1 Å². The molecule has 2 rings (SSSR count). The second-order valence-corrected chi connectivity index (χ2v) is 6.97. The summed E-state index contributed by atoms with van der Waals surface area (Å²) in [5.74, 6) is -0.0618. The highest BCUT2D eigenvalue weighted by atomic mass is 32.2. The second-order valence-electron chi connectivity index (χ2n) is 4.50. The number of sulfone groups is 1. The molecule has 0 fully saturated rings. The Hall–Kier alpha value is -1.20. The van der Waals surface area contributed by atoms with E-state index >= 15 is 0 Å². The van der Waals surface area contributed by atoms with Crippen LogP contribution in [-0.4, -0.2) is 25.7 Å². The minimum atomic E-state index is -3.07. The van der Waals surface area contributed by atoms with Gasteiger partial charge in [-0.05, 0) is 17.2 Å². The van der Waals surface area contributed by atoms with Gasteiger partial charge in [-0.15, -0.1) is 0 Å². The summed E-state index contributed by atoms with van der Waals surface area (Å²) < 4.78 is 22.7. The van der Waals surface area contributed by atoms with Crippen LogP contribution in [0.4, 0.5) is 0 Å². The number of carbonyl (C=O) groups excluding carboxylic acids is 1. The summed E-state index contributed by atoms with van der Waals surface area (Å²) in [5.41, 5.74) is 2.97. The minimum absolute atomic E-state index is 0.0579. The first-order valence-electron chi connectivity index (χ1n) is 6.08. The highest BCUT2D eigenvalue weighted by molar-refractivity contribution is 7.91. The third kappa shape index (κ3) is 2.97. The maximum Gasteiger partial charge on any atom is 0.163 e. The smallest absolute Gasteiger partial charge is 0.163 e. The molecule has 1 aliphatic rings. The number of rotatable bonds is 5. The van der Waals surface area contributed by atoms with Gasteiger partial charge in [0.1, 0.15) is 9.84 Å². The normalized spacial score (nSPS) is 14.5. The second kappa shape index (κ2) is 5.20. The van der Waals surface area contributed by atoms with Crippen LogP contribution in [0.15, 0.2) is 18.2 Å². The fraction of sp³-hybridized carbons (Fsp3) is 0.462. The average Bonchev–Trinajstić information content (AvgIpc) is 2.83. The molecule has 98 valence electrons. The van der Waals surface area contributed by atoms with E-state index in [2.05, 4.69) is 5.32 Å². The van der Waals surface area contributed by atoms with Crippen LogP contribution in [0.1, 0.15) is 34.8 Å². The molecule has 0 spiro atoms. The summed E-state index contributed by atoms with van der Waals surface area (Å²) in [6.45, 7) is 3.22. The van der Waals surface area contributed by atoms with Crippen LogP contribution in [0.5, 0.6) is 0 Å². The zero-order valence-electron chi connectivity index (χ0n) is 10.4. The number of hydrogen-bond donors (Lipinski definition) is 1. The van der Waals surface area contributed by atoms with Gasteiger partial charge in [0.05, 0.1) is 5.75 Å². The Morgan fingerprint density at radius 3 is 2.72 bits per heavy atom.